The highest BCUT2D eigenvalue weighted by Gasteiger charge is 2.36. The van der Waals surface area contributed by atoms with E-state index in [1.165, 1.54) is 7.11 Å². The Labute approximate surface area is 167 Å². The summed E-state index contributed by atoms with van der Waals surface area (Å²) < 4.78 is 45.7. The van der Waals surface area contributed by atoms with Crippen LogP contribution in [0.25, 0.3) is 0 Å². The molecule has 0 aliphatic heterocycles. The lowest BCUT2D eigenvalue weighted by Gasteiger charge is -2.17. The lowest BCUT2D eigenvalue weighted by atomic mass is 9.97. The Balaban J connectivity index is 2.35. The number of nitrogens with one attached hydrogen (secondary N) is 2. The zero-order valence-corrected chi connectivity index (χ0v) is 16.2. The zero-order valence-electron chi connectivity index (χ0n) is 16.2. The fourth-order valence-corrected chi connectivity index (χ4v) is 2.81. The second-order valence-electron chi connectivity index (χ2n) is 6.40. The van der Waals surface area contributed by atoms with Gasteiger partial charge in [0.2, 0.25) is 0 Å². The van der Waals surface area contributed by atoms with Crippen LogP contribution >= 0.6 is 0 Å². The number of hydrogen-bond donors (Lipinski definition) is 2. The molecule has 5 nitrogen and oxygen atoms in total. The van der Waals surface area contributed by atoms with Gasteiger partial charge in [0.15, 0.2) is 0 Å². The van der Waals surface area contributed by atoms with Crippen molar-refractivity contribution in [2.24, 2.45) is 0 Å². The van der Waals surface area contributed by atoms with E-state index < -0.39 is 29.2 Å². The van der Waals surface area contributed by atoms with Gasteiger partial charge in [0.1, 0.15) is 5.75 Å². The summed E-state index contributed by atoms with van der Waals surface area (Å²) in [7, 11) is 1.28. The minimum atomic E-state index is -4.78. The van der Waals surface area contributed by atoms with Crippen molar-refractivity contribution < 1.29 is 27.5 Å². The van der Waals surface area contributed by atoms with Crippen LogP contribution < -0.4 is 15.4 Å². The van der Waals surface area contributed by atoms with Crippen LogP contribution in [-0.2, 0) is 19.0 Å². The number of ether oxygens (including phenoxy) is 1. The van der Waals surface area contributed by atoms with E-state index in [2.05, 4.69) is 5.32 Å². The van der Waals surface area contributed by atoms with Gasteiger partial charge in [-0.25, -0.2) is 4.79 Å². The normalized spacial score (nSPS) is 11.1. The van der Waals surface area contributed by atoms with Gasteiger partial charge >= 0.3 is 12.2 Å². The number of halogens is 3. The predicted molar refractivity (Wildman–Crippen MR) is 103 cm³/mol. The van der Waals surface area contributed by atoms with Gasteiger partial charge in [-0.1, -0.05) is 37.3 Å². The number of carbonyl (C=O) groups excluding carboxylic acids is 2. The third-order valence-corrected chi connectivity index (χ3v) is 4.26. The van der Waals surface area contributed by atoms with E-state index in [0.717, 1.165) is 17.7 Å². The lowest BCUT2D eigenvalue weighted by molar-refractivity contribution is -0.138. The van der Waals surface area contributed by atoms with E-state index in [4.69, 9.17) is 4.74 Å². The Morgan fingerprint density at radius 1 is 1.07 bits per heavy atom. The Hall–Kier alpha value is -3.03. The zero-order chi connectivity index (χ0) is 21.4. The molecule has 0 aliphatic carbocycles. The molecule has 0 heterocycles. The highest BCUT2D eigenvalue weighted by Crippen LogP contribution is 2.36. The summed E-state index contributed by atoms with van der Waals surface area (Å²) >= 11 is 0. The summed E-state index contributed by atoms with van der Waals surface area (Å²) in [5.74, 6) is -1.07. The monoisotopic (exact) mass is 408 g/mol. The topological polar surface area (TPSA) is 67.4 Å². The van der Waals surface area contributed by atoms with Crippen LogP contribution in [0.5, 0.6) is 5.75 Å². The summed E-state index contributed by atoms with van der Waals surface area (Å²) in [4.78, 5) is 24.1. The van der Waals surface area contributed by atoms with Crippen LogP contribution in [0.1, 0.15) is 40.4 Å². The van der Waals surface area contributed by atoms with E-state index in [0.29, 0.717) is 31.4 Å². The van der Waals surface area contributed by atoms with Gasteiger partial charge in [0.25, 0.3) is 5.91 Å². The second kappa shape index (κ2) is 9.95. The summed E-state index contributed by atoms with van der Waals surface area (Å²) in [6.07, 6.45) is -3.23. The summed E-state index contributed by atoms with van der Waals surface area (Å²) in [5.41, 5.74) is -0.325. The first-order chi connectivity index (χ1) is 13.8. The Bertz CT molecular complexity index is 852. The van der Waals surface area contributed by atoms with Gasteiger partial charge in [-0.3, -0.25) is 10.1 Å². The molecule has 3 amide bonds. The van der Waals surface area contributed by atoms with Gasteiger partial charge in [0.05, 0.1) is 18.2 Å². The Kier molecular flexibility index (Phi) is 7.64. The quantitative estimate of drug-likeness (QED) is 0.716. The molecule has 2 rings (SSSR count). The summed E-state index contributed by atoms with van der Waals surface area (Å²) in [6.45, 7) is 2.11. The Morgan fingerprint density at radius 3 is 2.34 bits per heavy atom. The van der Waals surface area contributed by atoms with E-state index in [-0.39, 0.29) is 5.75 Å². The van der Waals surface area contributed by atoms with Crippen LogP contribution in [0.4, 0.5) is 18.0 Å². The van der Waals surface area contributed by atoms with Crippen molar-refractivity contribution in [3.63, 3.8) is 0 Å². The molecule has 2 aromatic rings. The maximum Gasteiger partial charge on any atom is 0.417 e. The van der Waals surface area contributed by atoms with Crippen molar-refractivity contribution in [3.05, 3.63) is 64.7 Å². The van der Waals surface area contributed by atoms with Gasteiger partial charge in [-0.05, 0) is 42.5 Å². The molecule has 0 aromatic heterocycles. The lowest BCUT2D eigenvalue weighted by Crippen LogP contribution is -2.40. The van der Waals surface area contributed by atoms with E-state index in [1.54, 1.807) is 0 Å². The van der Waals surface area contributed by atoms with Crippen molar-refractivity contribution in [1.29, 1.82) is 0 Å². The molecule has 0 spiro atoms. The number of alkyl halides is 3. The molecule has 0 fully saturated rings. The van der Waals surface area contributed by atoms with E-state index in [1.807, 2.05) is 42.6 Å². The van der Waals surface area contributed by atoms with Crippen molar-refractivity contribution in [2.45, 2.75) is 32.4 Å². The molecule has 0 bridgehead atoms. The number of carbonyl (C=O) groups is 2. The standard InChI is InChI=1S/C21H23F3N2O3/c1-3-11-25-20(28)26-19(27)16-12-15(10-9-14-7-5-4-6-8-14)18(29-2)13-17(16)21(22,23)24/h4-8,12-13H,3,9-11H2,1-2H3,(H2,25,26,27,28). The van der Waals surface area contributed by atoms with Gasteiger partial charge in [-0.15, -0.1) is 0 Å². The number of imide groups is 1. The average molecular weight is 408 g/mol. The summed E-state index contributed by atoms with van der Waals surface area (Å²) in [6, 6.07) is 10.5. The van der Waals surface area contributed by atoms with E-state index >= 15 is 0 Å². The highest BCUT2D eigenvalue weighted by atomic mass is 19.4. The number of benzene rings is 2. The molecule has 2 N–H and O–H groups in total. The minimum absolute atomic E-state index is 0.0419. The number of aryl methyl sites for hydroxylation is 2. The Morgan fingerprint density at radius 2 is 1.76 bits per heavy atom. The number of amides is 3. The first-order valence-corrected chi connectivity index (χ1v) is 9.17. The van der Waals surface area contributed by atoms with Crippen LogP contribution in [0.15, 0.2) is 42.5 Å². The third-order valence-electron chi connectivity index (χ3n) is 4.26. The van der Waals surface area contributed by atoms with Crippen LogP contribution in [-0.4, -0.2) is 25.6 Å². The molecular formula is C21H23F3N2O3. The van der Waals surface area contributed by atoms with Gasteiger partial charge in [-0.2, -0.15) is 13.2 Å². The number of hydrogen-bond acceptors (Lipinski definition) is 3. The smallest absolute Gasteiger partial charge is 0.417 e. The molecule has 156 valence electrons. The predicted octanol–water partition coefficient (Wildman–Crippen LogP) is 4.35. The molecule has 0 unspecified atom stereocenters. The van der Waals surface area contributed by atoms with Gasteiger partial charge in [0, 0.05) is 6.54 Å². The largest absolute Gasteiger partial charge is 0.496 e. The van der Waals surface area contributed by atoms with E-state index in [9.17, 15) is 22.8 Å². The highest BCUT2D eigenvalue weighted by molar-refractivity contribution is 6.05. The minimum Gasteiger partial charge on any atom is -0.496 e. The van der Waals surface area contributed by atoms with Gasteiger partial charge < -0.3 is 10.1 Å². The molecular weight excluding hydrogens is 385 g/mol. The average Bonchev–Trinajstić information content (AvgIpc) is 2.70. The number of rotatable bonds is 7. The second-order valence-corrected chi connectivity index (χ2v) is 6.40. The fraction of sp³-hybridized carbons (Fsp3) is 0.333. The molecule has 2 aromatic carbocycles. The molecule has 0 aliphatic rings. The van der Waals surface area contributed by atoms with Crippen molar-refractivity contribution >= 4 is 11.9 Å². The number of methoxy groups -OCH3 is 1. The molecule has 0 radical (unpaired) electrons. The molecule has 29 heavy (non-hydrogen) atoms. The molecule has 0 saturated carbocycles. The first kappa shape index (κ1) is 22.3. The maximum absolute atomic E-state index is 13.5. The van der Waals surface area contributed by atoms with Crippen LogP contribution in [0, 0.1) is 0 Å². The molecule has 0 saturated heterocycles. The van der Waals surface area contributed by atoms with Crippen LogP contribution in [0.2, 0.25) is 0 Å². The first-order valence-electron chi connectivity index (χ1n) is 9.17. The maximum atomic E-state index is 13.5. The SMILES string of the molecule is CCCNC(=O)NC(=O)c1cc(CCc2ccccc2)c(OC)cc1C(F)(F)F. The van der Waals surface area contributed by atoms with Crippen molar-refractivity contribution in [1.82, 2.24) is 10.6 Å². The third kappa shape index (κ3) is 6.23. The van der Waals surface area contributed by atoms with Crippen molar-refractivity contribution in [3.8, 4) is 5.75 Å². The number of urea groups is 1. The summed E-state index contributed by atoms with van der Waals surface area (Å²) in [5, 5.41) is 4.35. The van der Waals surface area contributed by atoms with Crippen LogP contribution in [0.3, 0.4) is 0 Å². The molecule has 8 heteroatoms. The van der Waals surface area contributed by atoms with Crippen molar-refractivity contribution in [2.75, 3.05) is 13.7 Å². The fourth-order valence-electron chi connectivity index (χ4n) is 2.81. The molecule has 0 atom stereocenters.